The van der Waals surface area contributed by atoms with Crippen LogP contribution in [-0.4, -0.2) is 50.8 Å². The third kappa shape index (κ3) is 15.4. The molecule has 1 atom stereocenters. The Morgan fingerprint density at radius 2 is 1.65 bits per heavy atom. The van der Waals surface area contributed by atoms with Crippen molar-refractivity contribution >= 4 is 5.91 Å². The molecule has 0 saturated carbocycles. The van der Waals surface area contributed by atoms with Crippen LogP contribution in [-0.2, 0) is 14.3 Å². The van der Waals surface area contributed by atoms with Gasteiger partial charge in [-0.2, -0.15) is 0 Å². The fraction of sp³-hybridized carbons (Fsp3) is 0.938. The fourth-order valence-electron chi connectivity index (χ4n) is 1.42. The highest BCUT2D eigenvalue weighted by molar-refractivity contribution is 5.72. The summed E-state index contributed by atoms with van der Waals surface area (Å²) < 4.78 is 10.9. The van der Waals surface area contributed by atoms with E-state index >= 15 is 0 Å². The normalized spacial score (nSPS) is 11.5. The van der Waals surface area contributed by atoms with Crippen molar-refractivity contribution in [1.29, 1.82) is 0 Å². The number of ether oxygens (including phenoxy) is 2. The van der Waals surface area contributed by atoms with Crippen LogP contribution in [0, 0.1) is 5.92 Å². The van der Waals surface area contributed by atoms with Gasteiger partial charge in [0.25, 0.3) is 0 Å². The molecule has 0 spiro atoms. The highest BCUT2D eigenvalue weighted by Crippen LogP contribution is 2.08. The zero-order chi connectivity index (χ0) is 15.8. The minimum Gasteiger partial charge on any atom is -0.379 e. The molecule has 0 rings (SSSR count). The molecule has 0 heterocycles. The number of hydrogen-bond donors (Lipinski definition) is 0. The average molecular weight is 289 g/mol. The summed E-state index contributed by atoms with van der Waals surface area (Å²) >= 11 is 0. The van der Waals surface area contributed by atoms with E-state index in [4.69, 9.17) is 9.47 Å². The molecule has 0 aromatic carbocycles. The second-order valence-electron chi connectivity index (χ2n) is 4.82. The van der Waals surface area contributed by atoms with Crippen molar-refractivity contribution in [1.82, 2.24) is 4.90 Å². The maximum atomic E-state index is 10.9. The van der Waals surface area contributed by atoms with E-state index in [0.717, 1.165) is 18.9 Å². The first kappa shape index (κ1) is 21.7. The zero-order valence-electron chi connectivity index (χ0n) is 14.4. The molecule has 0 radical (unpaired) electrons. The molecule has 20 heavy (non-hydrogen) atoms. The van der Waals surface area contributed by atoms with Crippen LogP contribution in [0.4, 0.5) is 0 Å². The summed E-state index contributed by atoms with van der Waals surface area (Å²) in [5, 5.41) is 0. The Balaban J connectivity index is 0. The fourth-order valence-corrected chi connectivity index (χ4v) is 1.42. The lowest BCUT2D eigenvalue weighted by molar-refractivity contribution is -0.128. The number of nitrogens with zero attached hydrogens (tertiary/aromatic N) is 1. The maximum Gasteiger partial charge on any atom is 0.219 e. The number of amides is 1. The molecule has 1 amide bonds. The second-order valence-corrected chi connectivity index (χ2v) is 4.82. The summed E-state index contributed by atoms with van der Waals surface area (Å²) in [6.45, 7) is 13.3. The first-order valence-electron chi connectivity index (χ1n) is 7.95. The van der Waals surface area contributed by atoms with Gasteiger partial charge in [-0.25, -0.2) is 0 Å². The van der Waals surface area contributed by atoms with E-state index in [1.807, 2.05) is 13.8 Å². The number of hydrogen-bond acceptors (Lipinski definition) is 3. The van der Waals surface area contributed by atoms with Crippen LogP contribution in [0.15, 0.2) is 0 Å². The van der Waals surface area contributed by atoms with E-state index in [1.165, 1.54) is 12.8 Å². The minimum atomic E-state index is 0.0693. The first-order valence-corrected chi connectivity index (χ1v) is 7.95. The molecule has 0 aromatic rings. The van der Waals surface area contributed by atoms with Gasteiger partial charge in [0, 0.05) is 27.1 Å². The van der Waals surface area contributed by atoms with Crippen LogP contribution in [0.2, 0.25) is 0 Å². The van der Waals surface area contributed by atoms with Gasteiger partial charge in [0.15, 0.2) is 0 Å². The Hall–Kier alpha value is -0.610. The molecule has 0 saturated heterocycles. The van der Waals surface area contributed by atoms with Crippen molar-refractivity contribution in [3.8, 4) is 0 Å². The van der Waals surface area contributed by atoms with Crippen LogP contribution < -0.4 is 0 Å². The Morgan fingerprint density at radius 1 is 1.10 bits per heavy atom. The smallest absolute Gasteiger partial charge is 0.219 e. The summed E-state index contributed by atoms with van der Waals surface area (Å²) in [6.07, 6.45) is 3.61. The molecule has 4 heteroatoms. The van der Waals surface area contributed by atoms with Gasteiger partial charge in [-0.1, -0.05) is 34.1 Å². The number of rotatable bonds is 11. The molecule has 0 aliphatic rings. The van der Waals surface area contributed by atoms with Crippen LogP contribution in [0.1, 0.15) is 53.9 Å². The summed E-state index contributed by atoms with van der Waals surface area (Å²) in [4.78, 5) is 12.6. The van der Waals surface area contributed by atoms with Crippen molar-refractivity contribution in [2.45, 2.75) is 53.9 Å². The van der Waals surface area contributed by atoms with E-state index in [0.29, 0.717) is 26.4 Å². The Labute approximate surface area is 125 Å². The van der Waals surface area contributed by atoms with E-state index in [9.17, 15) is 4.79 Å². The number of carbonyl (C=O) groups excluding carboxylic acids is 1. The summed E-state index contributed by atoms with van der Waals surface area (Å²) in [7, 11) is 1.77. The van der Waals surface area contributed by atoms with Gasteiger partial charge in [0.1, 0.15) is 0 Å². The predicted molar refractivity (Wildman–Crippen MR) is 85.0 cm³/mol. The lowest BCUT2D eigenvalue weighted by atomic mass is 10.0. The molecule has 0 aromatic heterocycles. The SMILES string of the molecule is CC.CCC(C)CCCOCCOCCN(C)C(C)=O. The number of likely N-dealkylation sites (N-methyl/N-ethyl adjacent to an activating group) is 1. The van der Waals surface area contributed by atoms with E-state index < -0.39 is 0 Å². The van der Waals surface area contributed by atoms with E-state index in [1.54, 1.807) is 18.9 Å². The predicted octanol–water partition coefficient (Wildman–Crippen LogP) is 3.35. The van der Waals surface area contributed by atoms with Crippen molar-refractivity contribution in [3.05, 3.63) is 0 Å². The Bertz CT molecular complexity index is 210. The molecule has 0 aliphatic carbocycles. The summed E-state index contributed by atoms with van der Waals surface area (Å²) in [6, 6.07) is 0. The Kier molecular flexibility index (Phi) is 17.8. The van der Waals surface area contributed by atoms with Crippen molar-refractivity contribution in [2.75, 3.05) is 40.0 Å². The molecule has 0 N–H and O–H groups in total. The third-order valence-electron chi connectivity index (χ3n) is 3.16. The zero-order valence-corrected chi connectivity index (χ0v) is 14.4. The largest absolute Gasteiger partial charge is 0.379 e. The molecule has 0 fully saturated rings. The van der Waals surface area contributed by atoms with Gasteiger partial charge < -0.3 is 14.4 Å². The van der Waals surface area contributed by atoms with Crippen molar-refractivity contribution in [2.24, 2.45) is 5.92 Å². The lowest BCUT2D eigenvalue weighted by Gasteiger charge is -2.14. The van der Waals surface area contributed by atoms with Gasteiger partial charge >= 0.3 is 0 Å². The van der Waals surface area contributed by atoms with Gasteiger partial charge in [0.2, 0.25) is 5.91 Å². The molecule has 1 unspecified atom stereocenters. The standard InChI is InChI=1S/C14H29NO3.C2H6/c1-5-13(2)7-6-9-17-11-12-18-10-8-15(4)14(3)16;1-2/h13H,5-12H2,1-4H3;1-2H3. The van der Waals surface area contributed by atoms with Gasteiger partial charge in [-0.05, 0) is 18.8 Å². The summed E-state index contributed by atoms with van der Waals surface area (Å²) in [5.74, 6) is 0.867. The first-order chi connectivity index (χ1) is 9.57. The molecule has 122 valence electrons. The van der Waals surface area contributed by atoms with Crippen LogP contribution >= 0.6 is 0 Å². The third-order valence-corrected chi connectivity index (χ3v) is 3.16. The highest BCUT2D eigenvalue weighted by Gasteiger charge is 2.01. The van der Waals surface area contributed by atoms with Crippen LogP contribution in [0.3, 0.4) is 0 Å². The number of carbonyl (C=O) groups is 1. The van der Waals surface area contributed by atoms with Gasteiger partial charge in [-0.15, -0.1) is 0 Å². The Morgan fingerprint density at radius 3 is 2.15 bits per heavy atom. The lowest BCUT2D eigenvalue weighted by Crippen LogP contribution is -2.28. The van der Waals surface area contributed by atoms with Crippen molar-refractivity contribution < 1.29 is 14.3 Å². The second kappa shape index (κ2) is 16.4. The van der Waals surface area contributed by atoms with E-state index in [-0.39, 0.29) is 5.91 Å². The monoisotopic (exact) mass is 289 g/mol. The van der Waals surface area contributed by atoms with Crippen molar-refractivity contribution in [3.63, 3.8) is 0 Å². The topological polar surface area (TPSA) is 38.8 Å². The molecule has 0 aliphatic heterocycles. The quantitative estimate of drug-likeness (QED) is 0.548. The van der Waals surface area contributed by atoms with Gasteiger partial charge in [0.05, 0.1) is 19.8 Å². The van der Waals surface area contributed by atoms with Gasteiger partial charge in [-0.3, -0.25) is 4.79 Å². The molecule has 0 bridgehead atoms. The average Bonchev–Trinajstić information content (AvgIpc) is 2.46. The van der Waals surface area contributed by atoms with E-state index in [2.05, 4.69) is 13.8 Å². The van der Waals surface area contributed by atoms with Crippen LogP contribution in [0.5, 0.6) is 0 Å². The molecular weight excluding hydrogens is 254 g/mol. The molecule has 4 nitrogen and oxygen atoms in total. The maximum absolute atomic E-state index is 10.9. The van der Waals surface area contributed by atoms with Crippen LogP contribution in [0.25, 0.3) is 0 Å². The highest BCUT2D eigenvalue weighted by atomic mass is 16.5. The minimum absolute atomic E-state index is 0.0693. The summed E-state index contributed by atoms with van der Waals surface area (Å²) in [5.41, 5.74) is 0. The molecular formula is C16H35NO3.